The molecule has 0 aromatic carbocycles. The second-order valence-electron chi connectivity index (χ2n) is 8.89. The first-order valence-corrected chi connectivity index (χ1v) is 12.9. The van der Waals surface area contributed by atoms with Crippen molar-refractivity contribution in [3.05, 3.63) is 51.6 Å². The van der Waals surface area contributed by atoms with Crippen LogP contribution in [0.5, 0.6) is 0 Å². The Balaban J connectivity index is 1.76. The van der Waals surface area contributed by atoms with Crippen molar-refractivity contribution in [1.82, 2.24) is 14.7 Å². The minimum absolute atomic E-state index is 0.0390. The Morgan fingerprint density at radius 1 is 1.33 bits per heavy atom. The van der Waals surface area contributed by atoms with E-state index in [1.165, 1.54) is 24.4 Å². The van der Waals surface area contributed by atoms with Crippen LogP contribution in [-0.4, -0.2) is 42.5 Å². The van der Waals surface area contributed by atoms with Crippen LogP contribution in [0.1, 0.15) is 49.8 Å². The summed E-state index contributed by atoms with van der Waals surface area (Å²) in [5.74, 6) is -1.02. The van der Waals surface area contributed by atoms with Crippen molar-refractivity contribution in [3.63, 3.8) is 0 Å². The van der Waals surface area contributed by atoms with Crippen LogP contribution < -0.4 is 15.8 Å². The van der Waals surface area contributed by atoms with Gasteiger partial charge in [-0.1, -0.05) is 23.2 Å². The van der Waals surface area contributed by atoms with Crippen LogP contribution >= 0.6 is 23.2 Å². The van der Waals surface area contributed by atoms with Gasteiger partial charge in [0.25, 0.3) is 5.91 Å². The Labute approximate surface area is 202 Å². The van der Waals surface area contributed by atoms with Gasteiger partial charge in [0.1, 0.15) is 34.4 Å². The van der Waals surface area contributed by atoms with E-state index in [1.807, 2.05) is 0 Å². The molecule has 0 aliphatic carbocycles. The molecule has 0 spiro atoms. The molecule has 4 N–H and O–H groups in total. The highest BCUT2D eigenvalue weighted by Crippen LogP contribution is 2.48. The van der Waals surface area contributed by atoms with Crippen molar-refractivity contribution < 1.29 is 13.4 Å². The first-order chi connectivity index (χ1) is 15.4. The van der Waals surface area contributed by atoms with Gasteiger partial charge in [-0.05, 0) is 61.9 Å². The Morgan fingerprint density at radius 3 is 2.76 bits per heavy atom. The molecule has 1 amide bonds. The van der Waals surface area contributed by atoms with Gasteiger partial charge in [-0.2, -0.15) is 0 Å². The second kappa shape index (κ2) is 8.26. The molecule has 0 bridgehead atoms. The van der Waals surface area contributed by atoms with Crippen molar-refractivity contribution in [1.29, 1.82) is 0 Å². The smallest absolute Gasteiger partial charge is 0.276 e. The molecule has 1 fully saturated rings. The highest BCUT2D eigenvalue weighted by atomic mass is 35.5. The van der Waals surface area contributed by atoms with Crippen molar-refractivity contribution in [2.75, 3.05) is 11.9 Å². The van der Waals surface area contributed by atoms with Crippen LogP contribution in [-0.2, 0) is 15.7 Å². The van der Waals surface area contributed by atoms with Gasteiger partial charge in [0.2, 0.25) is 0 Å². The molecule has 0 radical (unpaired) electrons. The molecule has 2 aliphatic rings. The van der Waals surface area contributed by atoms with Gasteiger partial charge in [-0.15, -0.1) is 0 Å². The topological polar surface area (TPSA) is 122 Å². The number of pyridine rings is 2. The second-order valence-corrected chi connectivity index (χ2v) is 13.1. The summed E-state index contributed by atoms with van der Waals surface area (Å²) in [7, 11) is -3.13. The number of nitrogens with two attached hydrogens (primary N) is 1. The maximum atomic E-state index is 15.1. The summed E-state index contributed by atoms with van der Waals surface area (Å²) in [6.07, 6.45) is 2.62. The van der Waals surface area contributed by atoms with Crippen LogP contribution in [0.2, 0.25) is 10.0 Å². The number of fused-ring (bicyclic) bond motifs is 1. The number of halogens is 3. The molecule has 8 nitrogen and oxygen atoms in total. The standard InChI is InChI=1S/C21H25Cl2FN6O2S/c1-20(2)19(25)30-21(3,14-5-4-8-27-33(14,20)32)17-13(24)6-7-15(28-17)29-18(31)16-12(23)9-11(22)10-26-16/h6-7,9-10,14,33H,4-5,8H2,1-3H3,(H2,25,30)(H,27,32)(H,28,29,31)/t14-,21?/m1/s1. The van der Waals surface area contributed by atoms with E-state index in [-0.39, 0.29) is 33.1 Å². The maximum Gasteiger partial charge on any atom is 0.276 e. The third-order valence-corrected chi connectivity index (χ3v) is 11.2. The molecule has 178 valence electrons. The first kappa shape index (κ1) is 24.0. The van der Waals surface area contributed by atoms with Crippen molar-refractivity contribution in [2.24, 2.45) is 10.7 Å². The number of rotatable bonds is 3. The fourth-order valence-electron chi connectivity index (χ4n) is 4.52. The summed E-state index contributed by atoms with van der Waals surface area (Å²) in [6.45, 7) is 5.86. The zero-order valence-electron chi connectivity index (χ0n) is 18.3. The third kappa shape index (κ3) is 3.82. The number of nitrogens with one attached hydrogen (secondary N) is 2. The van der Waals surface area contributed by atoms with Gasteiger partial charge >= 0.3 is 0 Å². The lowest BCUT2D eigenvalue weighted by Crippen LogP contribution is -2.69. The number of anilines is 1. The van der Waals surface area contributed by atoms with Gasteiger partial charge in [0, 0.05) is 12.7 Å². The number of carbonyl (C=O) groups is 1. The highest BCUT2D eigenvalue weighted by Gasteiger charge is 2.57. The number of amides is 1. The molecule has 2 atom stereocenters. The summed E-state index contributed by atoms with van der Waals surface area (Å²) < 4.78 is 31.6. The SMILES string of the molecule is CC1(c2nc(NC(=O)c3ncc(Cl)cc3Cl)ccc2F)N=C(N)C(C)(C)[SH]2(=O)NCCC[C@H]12. The van der Waals surface area contributed by atoms with Crippen LogP contribution in [0.15, 0.2) is 29.4 Å². The predicted molar refractivity (Wildman–Crippen MR) is 130 cm³/mol. The molecular weight excluding hydrogens is 490 g/mol. The highest BCUT2D eigenvalue weighted by molar-refractivity contribution is 8.04. The molecule has 0 saturated carbocycles. The zero-order valence-corrected chi connectivity index (χ0v) is 20.7. The third-order valence-electron chi connectivity index (χ3n) is 6.49. The Bertz CT molecular complexity index is 1220. The number of carbonyl (C=O) groups excluding carboxylic acids is 1. The number of aliphatic imine (C=N–C) groups is 1. The summed E-state index contributed by atoms with van der Waals surface area (Å²) in [5, 5.41) is 2.42. The number of hydrogen-bond acceptors (Lipinski definition) is 6. The number of amidine groups is 1. The van der Waals surface area contributed by atoms with E-state index in [1.54, 1.807) is 20.8 Å². The summed E-state index contributed by atoms with van der Waals surface area (Å²) >= 11 is 11.9. The van der Waals surface area contributed by atoms with Crippen molar-refractivity contribution in [3.8, 4) is 0 Å². The summed E-state index contributed by atoms with van der Waals surface area (Å²) in [6, 6.07) is 3.90. The minimum Gasteiger partial charge on any atom is -0.386 e. The fraction of sp³-hybridized carbons (Fsp3) is 0.429. The molecule has 33 heavy (non-hydrogen) atoms. The fourth-order valence-corrected chi connectivity index (χ4v) is 8.70. The van der Waals surface area contributed by atoms with Crippen molar-refractivity contribution in [2.45, 2.75) is 49.1 Å². The lowest BCUT2D eigenvalue weighted by Gasteiger charge is -2.55. The molecule has 2 aliphatic heterocycles. The average molecular weight is 515 g/mol. The molecule has 12 heteroatoms. The number of aromatic nitrogens is 2. The van der Waals surface area contributed by atoms with E-state index in [4.69, 9.17) is 28.9 Å². The van der Waals surface area contributed by atoms with E-state index in [0.29, 0.717) is 13.0 Å². The van der Waals surface area contributed by atoms with Gasteiger partial charge in [0.05, 0.1) is 20.0 Å². The number of nitrogens with zero attached hydrogens (tertiary/aromatic N) is 3. The molecule has 1 unspecified atom stereocenters. The molecule has 4 rings (SSSR count). The quantitative estimate of drug-likeness (QED) is 0.468. The Kier molecular flexibility index (Phi) is 6.01. The van der Waals surface area contributed by atoms with Crippen molar-refractivity contribution >= 4 is 50.9 Å². The van der Waals surface area contributed by atoms with E-state index >= 15 is 4.39 Å². The summed E-state index contributed by atoms with van der Waals surface area (Å²) in [5.41, 5.74) is 4.90. The lowest BCUT2D eigenvalue weighted by atomic mass is 9.89. The van der Waals surface area contributed by atoms with Gasteiger partial charge in [-0.3, -0.25) is 18.7 Å². The van der Waals surface area contributed by atoms with Crippen LogP contribution in [0.25, 0.3) is 0 Å². The minimum atomic E-state index is -3.13. The molecular formula is C21H25Cl2FN6O2S. The number of thiol groups is 1. The predicted octanol–water partition coefficient (Wildman–Crippen LogP) is 3.22. The first-order valence-electron chi connectivity index (χ1n) is 10.4. The van der Waals surface area contributed by atoms with Gasteiger partial charge in [0.15, 0.2) is 0 Å². The summed E-state index contributed by atoms with van der Waals surface area (Å²) in [4.78, 5) is 25.6. The van der Waals surface area contributed by atoms with Gasteiger partial charge in [-0.25, -0.2) is 14.4 Å². The lowest BCUT2D eigenvalue weighted by molar-refractivity contribution is 0.102. The number of hydrogen-bond donors (Lipinski definition) is 4. The molecule has 2 aromatic rings. The zero-order chi connectivity index (χ0) is 24.2. The van der Waals surface area contributed by atoms with E-state index in [2.05, 4.69) is 25.0 Å². The molecule has 2 aromatic heterocycles. The van der Waals surface area contributed by atoms with E-state index in [9.17, 15) is 9.00 Å². The molecule has 1 saturated heterocycles. The van der Waals surface area contributed by atoms with Crippen LogP contribution in [0, 0.1) is 5.82 Å². The van der Waals surface area contributed by atoms with E-state index in [0.717, 1.165) is 6.42 Å². The maximum absolute atomic E-state index is 15.1. The van der Waals surface area contributed by atoms with Crippen LogP contribution in [0.4, 0.5) is 10.2 Å². The molecule has 4 heterocycles. The normalized spacial score (nSPS) is 26.6. The Morgan fingerprint density at radius 2 is 2.06 bits per heavy atom. The monoisotopic (exact) mass is 514 g/mol. The van der Waals surface area contributed by atoms with Crippen LogP contribution in [0.3, 0.4) is 0 Å². The average Bonchev–Trinajstić information content (AvgIpc) is 2.74. The van der Waals surface area contributed by atoms with E-state index < -0.39 is 37.4 Å². The largest absolute Gasteiger partial charge is 0.386 e. The van der Waals surface area contributed by atoms with Gasteiger partial charge < -0.3 is 11.1 Å². The Hall–Kier alpha value is -2.14.